The minimum atomic E-state index is -0.00680. The topological polar surface area (TPSA) is 71.8 Å². The van der Waals surface area contributed by atoms with Crippen LogP contribution in [0, 0.1) is 5.92 Å². The summed E-state index contributed by atoms with van der Waals surface area (Å²) in [5.41, 5.74) is 0. The molecule has 1 atom stereocenters. The largest absolute Gasteiger partial charge is 0.469 e. The summed E-state index contributed by atoms with van der Waals surface area (Å²) in [6.45, 7) is 3.38. The highest BCUT2D eigenvalue weighted by atomic mass is 16.5. The lowest BCUT2D eigenvalue weighted by Crippen LogP contribution is -2.45. The second-order valence-corrected chi connectivity index (χ2v) is 6.12. The van der Waals surface area contributed by atoms with E-state index in [9.17, 15) is 9.59 Å². The van der Waals surface area contributed by atoms with E-state index in [4.69, 9.17) is 9.15 Å². The number of amides is 2. The Balaban J connectivity index is 1.69. The van der Waals surface area contributed by atoms with Crippen LogP contribution in [0.4, 0.5) is 0 Å². The molecule has 0 aliphatic carbocycles. The monoisotopic (exact) mass is 322 g/mol. The van der Waals surface area contributed by atoms with Crippen LogP contribution in [0.1, 0.15) is 31.9 Å². The molecule has 0 unspecified atom stereocenters. The first-order valence-electron chi connectivity index (χ1n) is 8.19. The molecule has 2 heterocycles. The summed E-state index contributed by atoms with van der Waals surface area (Å²) < 4.78 is 10.2. The average molecular weight is 322 g/mol. The molecule has 23 heavy (non-hydrogen) atoms. The van der Waals surface area contributed by atoms with Gasteiger partial charge in [0.25, 0.3) is 0 Å². The molecule has 6 nitrogen and oxygen atoms in total. The zero-order valence-corrected chi connectivity index (χ0v) is 13.9. The highest BCUT2D eigenvalue weighted by Crippen LogP contribution is 2.18. The molecule has 128 valence electrons. The number of methoxy groups -OCH3 is 1. The number of carbonyl (C=O) groups excluding carboxylic acids is 2. The van der Waals surface area contributed by atoms with Crippen LogP contribution >= 0.6 is 0 Å². The van der Waals surface area contributed by atoms with Crippen LogP contribution in [-0.2, 0) is 20.7 Å². The van der Waals surface area contributed by atoms with Crippen molar-refractivity contribution in [1.82, 2.24) is 10.2 Å². The van der Waals surface area contributed by atoms with Gasteiger partial charge in [0.05, 0.1) is 6.26 Å². The molecule has 1 aromatic heterocycles. The molecule has 0 aromatic carbocycles. The number of piperidine rings is 1. The molecule has 0 radical (unpaired) electrons. The maximum atomic E-state index is 12.3. The Bertz CT molecular complexity index is 493. The van der Waals surface area contributed by atoms with Crippen LogP contribution in [-0.4, -0.2) is 49.6 Å². The molecule has 0 bridgehead atoms. The number of nitrogens with zero attached hydrogens (tertiary/aromatic N) is 1. The third kappa shape index (κ3) is 5.39. The SMILES string of the molecule is COCC(=O)N1CCC(C(=O)N[C@@H](C)CCc2ccco2)CC1. The number of carbonyl (C=O) groups is 2. The summed E-state index contributed by atoms with van der Waals surface area (Å²) >= 11 is 0. The highest BCUT2D eigenvalue weighted by Gasteiger charge is 2.27. The fourth-order valence-corrected chi connectivity index (χ4v) is 2.85. The molecule has 1 aliphatic heterocycles. The number of furan rings is 1. The quantitative estimate of drug-likeness (QED) is 0.828. The molecule has 1 saturated heterocycles. The third-order valence-corrected chi connectivity index (χ3v) is 4.28. The van der Waals surface area contributed by atoms with Gasteiger partial charge in [-0.15, -0.1) is 0 Å². The van der Waals surface area contributed by atoms with Crippen molar-refractivity contribution in [2.75, 3.05) is 26.8 Å². The Morgan fingerprint density at radius 1 is 1.43 bits per heavy atom. The number of hydrogen-bond donors (Lipinski definition) is 1. The normalized spacial score (nSPS) is 17.0. The lowest BCUT2D eigenvalue weighted by atomic mass is 9.95. The van der Waals surface area contributed by atoms with E-state index in [-0.39, 0.29) is 30.4 Å². The van der Waals surface area contributed by atoms with Crippen molar-refractivity contribution in [3.63, 3.8) is 0 Å². The zero-order valence-electron chi connectivity index (χ0n) is 13.9. The predicted molar refractivity (Wildman–Crippen MR) is 85.8 cm³/mol. The molecule has 1 N–H and O–H groups in total. The molecular weight excluding hydrogens is 296 g/mol. The van der Waals surface area contributed by atoms with Gasteiger partial charge in [-0.3, -0.25) is 9.59 Å². The zero-order chi connectivity index (χ0) is 16.7. The lowest BCUT2D eigenvalue weighted by molar-refractivity contribution is -0.138. The summed E-state index contributed by atoms with van der Waals surface area (Å²) in [7, 11) is 1.52. The van der Waals surface area contributed by atoms with Crippen LogP contribution < -0.4 is 5.32 Å². The smallest absolute Gasteiger partial charge is 0.248 e. The molecule has 1 fully saturated rings. The Labute approximate surface area is 137 Å². The fraction of sp³-hybridized carbons (Fsp3) is 0.647. The number of nitrogens with one attached hydrogen (secondary N) is 1. The van der Waals surface area contributed by atoms with Gasteiger partial charge < -0.3 is 19.4 Å². The molecular formula is C17H26N2O4. The van der Waals surface area contributed by atoms with Crippen molar-refractivity contribution < 1.29 is 18.7 Å². The van der Waals surface area contributed by atoms with E-state index >= 15 is 0 Å². The first kappa shape index (κ1) is 17.5. The van der Waals surface area contributed by atoms with Gasteiger partial charge in [-0.2, -0.15) is 0 Å². The van der Waals surface area contributed by atoms with E-state index in [1.54, 1.807) is 11.2 Å². The Kier molecular flexibility index (Phi) is 6.65. The van der Waals surface area contributed by atoms with E-state index < -0.39 is 0 Å². The van der Waals surface area contributed by atoms with E-state index in [0.717, 1.165) is 18.6 Å². The van der Waals surface area contributed by atoms with Gasteiger partial charge in [0.1, 0.15) is 12.4 Å². The molecule has 2 rings (SSSR count). The number of ether oxygens (including phenoxy) is 1. The standard InChI is InChI=1S/C17H26N2O4/c1-13(5-6-15-4-3-11-23-15)18-17(21)14-7-9-19(10-8-14)16(20)12-22-2/h3-4,11,13-14H,5-10,12H2,1-2H3,(H,18,21)/t13-/m0/s1. The lowest BCUT2D eigenvalue weighted by Gasteiger charge is -2.31. The van der Waals surface area contributed by atoms with Crippen molar-refractivity contribution in [3.8, 4) is 0 Å². The highest BCUT2D eigenvalue weighted by molar-refractivity contribution is 5.80. The minimum absolute atomic E-state index is 0.00169. The number of hydrogen-bond acceptors (Lipinski definition) is 4. The maximum absolute atomic E-state index is 12.3. The van der Waals surface area contributed by atoms with Crippen LogP contribution in [0.25, 0.3) is 0 Å². The van der Waals surface area contributed by atoms with Gasteiger partial charge in [0.2, 0.25) is 11.8 Å². The van der Waals surface area contributed by atoms with E-state index in [1.807, 2.05) is 19.1 Å². The van der Waals surface area contributed by atoms with Crippen LogP contribution in [0.15, 0.2) is 22.8 Å². The number of aryl methyl sites for hydroxylation is 1. The maximum Gasteiger partial charge on any atom is 0.248 e. The average Bonchev–Trinajstić information content (AvgIpc) is 3.07. The van der Waals surface area contributed by atoms with Crippen molar-refractivity contribution in [3.05, 3.63) is 24.2 Å². The Morgan fingerprint density at radius 2 is 2.17 bits per heavy atom. The van der Waals surface area contributed by atoms with Gasteiger partial charge in [-0.25, -0.2) is 0 Å². The van der Waals surface area contributed by atoms with Crippen LogP contribution in [0.3, 0.4) is 0 Å². The summed E-state index contributed by atoms with van der Waals surface area (Å²) in [6, 6.07) is 3.93. The van der Waals surface area contributed by atoms with Gasteiger partial charge in [-0.05, 0) is 38.3 Å². The fourth-order valence-electron chi connectivity index (χ4n) is 2.85. The summed E-state index contributed by atoms with van der Waals surface area (Å²) in [5.74, 6) is 1.03. The van der Waals surface area contributed by atoms with Crippen molar-refractivity contribution in [1.29, 1.82) is 0 Å². The molecule has 0 saturated carbocycles. The van der Waals surface area contributed by atoms with E-state index in [2.05, 4.69) is 5.32 Å². The van der Waals surface area contributed by atoms with Crippen LogP contribution in [0.2, 0.25) is 0 Å². The summed E-state index contributed by atoms with van der Waals surface area (Å²) in [4.78, 5) is 25.8. The summed E-state index contributed by atoms with van der Waals surface area (Å²) in [6.07, 6.45) is 4.76. The third-order valence-electron chi connectivity index (χ3n) is 4.28. The van der Waals surface area contributed by atoms with Gasteiger partial charge >= 0.3 is 0 Å². The van der Waals surface area contributed by atoms with Gasteiger partial charge in [-0.1, -0.05) is 0 Å². The number of rotatable bonds is 7. The second-order valence-electron chi connectivity index (χ2n) is 6.12. The molecule has 1 aliphatic rings. The molecule has 6 heteroatoms. The van der Waals surface area contributed by atoms with E-state index in [1.165, 1.54) is 7.11 Å². The number of likely N-dealkylation sites (tertiary alicyclic amines) is 1. The molecule has 2 amide bonds. The van der Waals surface area contributed by atoms with Crippen molar-refractivity contribution in [2.24, 2.45) is 5.92 Å². The second kappa shape index (κ2) is 8.72. The Morgan fingerprint density at radius 3 is 2.78 bits per heavy atom. The van der Waals surface area contributed by atoms with Gasteiger partial charge in [0.15, 0.2) is 0 Å². The molecule has 1 aromatic rings. The Hall–Kier alpha value is -1.82. The minimum Gasteiger partial charge on any atom is -0.469 e. The van der Waals surface area contributed by atoms with Gasteiger partial charge in [0, 0.05) is 38.6 Å². The van der Waals surface area contributed by atoms with E-state index in [0.29, 0.717) is 25.9 Å². The van der Waals surface area contributed by atoms with Crippen LogP contribution in [0.5, 0.6) is 0 Å². The predicted octanol–water partition coefficient (Wildman–Crippen LogP) is 1.60. The first-order valence-corrected chi connectivity index (χ1v) is 8.19. The summed E-state index contributed by atoms with van der Waals surface area (Å²) in [5, 5.41) is 3.07. The first-order chi connectivity index (χ1) is 11.1. The van der Waals surface area contributed by atoms with Crippen molar-refractivity contribution in [2.45, 2.75) is 38.6 Å². The van der Waals surface area contributed by atoms with Crippen molar-refractivity contribution >= 4 is 11.8 Å². The molecule has 0 spiro atoms.